The third-order valence-corrected chi connectivity index (χ3v) is 3.29. The Labute approximate surface area is 134 Å². The molecule has 0 aromatic carbocycles. The average molecular weight is 305 g/mol. The molecular formula is C18H15N3O2. The number of rotatable bonds is 4. The quantitative estimate of drug-likeness (QED) is 0.691. The van der Waals surface area contributed by atoms with Crippen LogP contribution in [0.1, 0.15) is 17.3 Å². The van der Waals surface area contributed by atoms with E-state index in [9.17, 15) is 4.79 Å². The van der Waals surface area contributed by atoms with Crippen LogP contribution in [0.3, 0.4) is 0 Å². The van der Waals surface area contributed by atoms with Gasteiger partial charge in [0.25, 0.3) is 0 Å². The maximum atomic E-state index is 12.1. The molecule has 3 heterocycles. The first-order valence-corrected chi connectivity index (χ1v) is 7.28. The number of hydrogen-bond acceptors (Lipinski definition) is 5. The number of hydrogen-bond donors (Lipinski definition) is 0. The highest BCUT2D eigenvalue weighted by atomic mass is 16.5. The van der Waals surface area contributed by atoms with Crippen molar-refractivity contribution in [3.63, 3.8) is 0 Å². The Hall–Kier alpha value is -3.08. The summed E-state index contributed by atoms with van der Waals surface area (Å²) in [4.78, 5) is 24.8. The van der Waals surface area contributed by atoms with Crippen LogP contribution in [0.15, 0.2) is 61.2 Å². The van der Waals surface area contributed by atoms with Crippen LogP contribution in [-0.2, 0) is 4.74 Å². The van der Waals surface area contributed by atoms with Gasteiger partial charge in [-0.2, -0.15) is 0 Å². The van der Waals surface area contributed by atoms with E-state index in [4.69, 9.17) is 4.74 Å². The zero-order valence-electron chi connectivity index (χ0n) is 12.6. The van der Waals surface area contributed by atoms with E-state index in [-0.39, 0.29) is 5.97 Å². The molecule has 0 spiro atoms. The molecule has 3 aromatic heterocycles. The second kappa shape index (κ2) is 6.79. The highest BCUT2D eigenvalue weighted by Crippen LogP contribution is 2.24. The maximum Gasteiger partial charge on any atom is 0.338 e. The number of aromatic nitrogens is 3. The van der Waals surface area contributed by atoms with Crippen molar-refractivity contribution in [2.75, 3.05) is 6.61 Å². The molecule has 5 nitrogen and oxygen atoms in total. The number of pyridine rings is 3. The van der Waals surface area contributed by atoms with Crippen molar-refractivity contribution in [3.05, 3.63) is 66.7 Å². The van der Waals surface area contributed by atoms with Crippen LogP contribution < -0.4 is 0 Å². The normalized spacial score (nSPS) is 10.3. The Bertz CT molecular complexity index is 747. The summed E-state index contributed by atoms with van der Waals surface area (Å²) in [6, 6.07) is 10.9. The van der Waals surface area contributed by atoms with Crippen molar-refractivity contribution >= 4 is 5.97 Å². The molecule has 0 unspecified atom stereocenters. The van der Waals surface area contributed by atoms with Crippen LogP contribution in [0, 0.1) is 0 Å². The van der Waals surface area contributed by atoms with E-state index >= 15 is 0 Å². The van der Waals surface area contributed by atoms with Crippen molar-refractivity contribution in [1.82, 2.24) is 15.0 Å². The van der Waals surface area contributed by atoms with Crippen molar-refractivity contribution in [1.29, 1.82) is 0 Å². The second-order valence-electron chi connectivity index (χ2n) is 4.82. The first-order chi connectivity index (χ1) is 11.3. The summed E-state index contributed by atoms with van der Waals surface area (Å²) in [6.07, 6.45) is 6.78. The lowest BCUT2D eigenvalue weighted by Crippen LogP contribution is -2.06. The summed E-state index contributed by atoms with van der Waals surface area (Å²) in [5, 5.41) is 0. The van der Waals surface area contributed by atoms with Crippen LogP contribution in [0.4, 0.5) is 0 Å². The van der Waals surface area contributed by atoms with Crippen LogP contribution in [0.25, 0.3) is 22.5 Å². The number of esters is 1. The average Bonchev–Trinajstić information content (AvgIpc) is 2.63. The van der Waals surface area contributed by atoms with Gasteiger partial charge < -0.3 is 4.74 Å². The fourth-order valence-electron chi connectivity index (χ4n) is 2.20. The Morgan fingerprint density at radius 2 is 1.39 bits per heavy atom. The van der Waals surface area contributed by atoms with Gasteiger partial charge in [0, 0.05) is 35.9 Å². The van der Waals surface area contributed by atoms with Gasteiger partial charge in [-0.1, -0.05) is 0 Å². The smallest absolute Gasteiger partial charge is 0.338 e. The summed E-state index contributed by atoms with van der Waals surface area (Å²) in [7, 11) is 0. The van der Waals surface area contributed by atoms with E-state index in [0.717, 1.165) is 11.1 Å². The predicted octanol–water partition coefficient (Wildman–Crippen LogP) is 3.38. The lowest BCUT2D eigenvalue weighted by atomic mass is 10.1. The van der Waals surface area contributed by atoms with Crippen molar-refractivity contribution in [2.45, 2.75) is 6.92 Å². The highest BCUT2D eigenvalue weighted by Gasteiger charge is 2.13. The summed E-state index contributed by atoms with van der Waals surface area (Å²) >= 11 is 0. The fourth-order valence-corrected chi connectivity index (χ4v) is 2.20. The molecule has 0 fully saturated rings. The van der Waals surface area contributed by atoms with Gasteiger partial charge in [-0.3, -0.25) is 9.97 Å². The van der Waals surface area contributed by atoms with Gasteiger partial charge in [0.05, 0.1) is 23.6 Å². The summed E-state index contributed by atoms with van der Waals surface area (Å²) in [6.45, 7) is 2.11. The van der Waals surface area contributed by atoms with E-state index < -0.39 is 0 Å². The SMILES string of the molecule is CCOC(=O)c1cc(-c2ccncc2)nc(-c2ccncc2)c1. The summed E-state index contributed by atoms with van der Waals surface area (Å²) in [5.41, 5.74) is 3.65. The lowest BCUT2D eigenvalue weighted by Gasteiger charge is -2.09. The summed E-state index contributed by atoms with van der Waals surface area (Å²) < 4.78 is 5.12. The van der Waals surface area contributed by atoms with Gasteiger partial charge in [0.15, 0.2) is 0 Å². The molecule has 23 heavy (non-hydrogen) atoms. The molecule has 0 N–H and O–H groups in total. The molecular weight excluding hydrogens is 290 g/mol. The van der Waals surface area contributed by atoms with Gasteiger partial charge in [0.1, 0.15) is 0 Å². The minimum absolute atomic E-state index is 0.330. The monoisotopic (exact) mass is 305 g/mol. The van der Waals surface area contributed by atoms with Crippen molar-refractivity contribution in [2.24, 2.45) is 0 Å². The highest BCUT2D eigenvalue weighted by molar-refractivity contribution is 5.92. The minimum atomic E-state index is -0.361. The molecule has 3 aromatic rings. The molecule has 0 aliphatic carbocycles. The third-order valence-electron chi connectivity index (χ3n) is 3.29. The Kier molecular flexibility index (Phi) is 4.38. The van der Waals surface area contributed by atoms with E-state index in [1.54, 1.807) is 43.8 Å². The molecule has 5 heteroatoms. The fraction of sp³-hybridized carbons (Fsp3) is 0.111. The van der Waals surface area contributed by atoms with E-state index in [2.05, 4.69) is 15.0 Å². The number of nitrogens with zero attached hydrogens (tertiary/aromatic N) is 3. The second-order valence-corrected chi connectivity index (χ2v) is 4.82. The van der Waals surface area contributed by atoms with Crippen LogP contribution >= 0.6 is 0 Å². The van der Waals surface area contributed by atoms with E-state index in [1.807, 2.05) is 24.3 Å². The third kappa shape index (κ3) is 3.40. The van der Waals surface area contributed by atoms with Gasteiger partial charge in [-0.05, 0) is 43.3 Å². The van der Waals surface area contributed by atoms with Crippen molar-refractivity contribution in [3.8, 4) is 22.5 Å². The molecule has 0 saturated carbocycles. The first-order valence-electron chi connectivity index (χ1n) is 7.28. The zero-order valence-corrected chi connectivity index (χ0v) is 12.6. The molecule has 0 saturated heterocycles. The molecule has 0 atom stereocenters. The largest absolute Gasteiger partial charge is 0.462 e. The molecule has 0 amide bonds. The predicted molar refractivity (Wildman–Crippen MR) is 86.7 cm³/mol. The topological polar surface area (TPSA) is 65.0 Å². The molecule has 0 aliphatic heterocycles. The van der Waals surface area contributed by atoms with Crippen LogP contribution in [0.5, 0.6) is 0 Å². The van der Waals surface area contributed by atoms with Crippen LogP contribution in [0.2, 0.25) is 0 Å². The van der Waals surface area contributed by atoms with Gasteiger partial charge in [-0.15, -0.1) is 0 Å². The van der Waals surface area contributed by atoms with Crippen LogP contribution in [-0.4, -0.2) is 27.5 Å². The standard InChI is InChI=1S/C18H15N3O2/c1-2-23-18(22)15-11-16(13-3-7-19-8-4-13)21-17(12-15)14-5-9-20-10-6-14/h3-12H,2H2,1H3. The van der Waals surface area contributed by atoms with Gasteiger partial charge >= 0.3 is 5.97 Å². The first kappa shape index (κ1) is 14.8. The van der Waals surface area contributed by atoms with Gasteiger partial charge in [-0.25, -0.2) is 9.78 Å². The number of carbonyl (C=O) groups excluding carboxylic acids is 1. The Morgan fingerprint density at radius 1 is 0.913 bits per heavy atom. The Balaban J connectivity index is 2.13. The van der Waals surface area contributed by atoms with E-state index in [0.29, 0.717) is 23.6 Å². The Morgan fingerprint density at radius 3 is 1.83 bits per heavy atom. The number of ether oxygens (including phenoxy) is 1. The minimum Gasteiger partial charge on any atom is -0.462 e. The molecule has 3 rings (SSSR count). The lowest BCUT2D eigenvalue weighted by molar-refractivity contribution is 0.0526. The molecule has 0 aliphatic rings. The zero-order chi connectivity index (χ0) is 16.1. The summed E-state index contributed by atoms with van der Waals surface area (Å²) in [5.74, 6) is -0.361. The van der Waals surface area contributed by atoms with Gasteiger partial charge in [0.2, 0.25) is 0 Å². The molecule has 0 bridgehead atoms. The molecule has 0 radical (unpaired) electrons. The van der Waals surface area contributed by atoms with Crippen molar-refractivity contribution < 1.29 is 9.53 Å². The van der Waals surface area contributed by atoms with E-state index in [1.165, 1.54) is 0 Å². The molecule has 114 valence electrons. The number of carbonyl (C=O) groups is 1. The maximum absolute atomic E-state index is 12.1.